The SMILES string of the molecule is Cc1cc(C(=O)O)cc(NC2CCOCC2)n1. The number of aromatic carboxylic acids is 1. The van der Waals surface area contributed by atoms with E-state index in [9.17, 15) is 4.79 Å². The lowest BCUT2D eigenvalue weighted by atomic mass is 10.1. The van der Waals surface area contributed by atoms with Gasteiger partial charge in [0.1, 0.15) is 5.82 Å². The fraction of sp³-hybridized carbons (Fsp3) is 0.500. The molecular formula is C12H16N2O3. The second kappa shape index (κ2) is 5.14. The Balaban J connectivity index is 2.11. The molecule has 0 spiro atoms. The molecule has 1 aromatic heterocycles. The van der Waals surface area contributed by atoms with Crippen molar-refractivity contribution in [1.82, 2.24) is 4.98 Å². The van der Waals surface area contributed by atoms with Crippen LogP contribution >= 0.6 is 0 Å². The first-order valence-electron chi connectivity index (χ1n) is 5.71. The number of ether oxygens (including phenoxy) is 1. The number of rotatable bonds is 3. The maximum Gasteiger partial charge on any atom is 0.335 e. The molecule has 0 aliphatic carbocycles. The van der Waals surface area contributed by atoms with Gasteiger partial charge in [0.2, 0.25) is 0 Å². The summed E-state index contributed by atoms with van der Waals surface area (Å²) in [6.45, 7) is 3.28. The molecule has 2 rings (SSSR count). The maximum atomic E-state index is 10.9. The van der Waals surface area contributed by atoms with Crippen LogP contribution in [0.4, 0.5) is 5.82 Å². The molecule has 1 aliphatic rings. The predicted molar refractivity (Wildman–Crippen MR) is 63.4 cm³/mol. The molecule has 1 fully saturated rings. The highest BCUT2D eigenvalue weighted by Gasteiger charge is 2.15. The Morgan fingerprint density at radius 3 is 2.82 bits per heavy atom. The molecule has 17 heavy (non-hydrogen) atoms. The summed E-state index contributed by atoms with van der Waals surface area (Å²) >= 11 is 0. The quantitative estimate of drug-likeness (QED) is 0.835. The van der Waals surface area contributed by atoms with Gasteiger partial charge >= 0.3 is 5.97 Å². The van der Waals surface area contributed by atoms with Gasteiger partial charge in [0.15, 0.2) is 0 Å². The summed E-state index contributed by atoms with van der Waals surface area (Å²) in [6, 6.07) is 3.46. The number of hydrogen-bond donors (Lipinski definition) is 2. The Kier molecular flexibility index (Phi) is 3.58. The van der Waals surface area contributed by atoms with Crippen LogP contribution in [0.1, 0.15) is 28.9 Å². The van der Waals surface area contributed by atoms with Crippen molar-refractivity contribution in [3.8, 4) is 0 Å². The van der Waals surface area contributed by atoms with Crippen molar-refractivity contribution in [3.63, 3.8) is 0 Å². The highest BCUT2D eigenvalue weighted by molar-refractivity contribution is 5.88. The minimum Gasteiger partial charge on any atom is -0.478 e. The highest BCUT2D eigenvalue weighted by Crippen LogP contribution is 2.15. The van der Waals surface area contributed by atoms with Crippen LogP contribution in [0.5, 0.6) is 0 Å². The molecule has 2 heterocycles. The molecule has 0 radical (unpaired) electrons. The molecular weight excluding hydrogens is 220 g/mol. The van der Waals surface area contributed by atoms with Crippen molar-refractivity contribution >= 4 is 11.8 Å². The number of nitrogens with zero attached hydrogens (tertiary/aromatic N) is 1. The molecule has 1 saturated heterocycles. The van der Waals surface area contributed by atoms with E-state index in [0.29, 0.717) is 17.6 Å². The van der Waals surface area contributed by atoms with E-state index >= 15 is 0 Å². The molecule has 2 N–H and O–H groups in total. The van der Waals surface area contributed by atoms with Crippen LogP contribution in [0.25, 0.3) is 0 Å². The first-order chi connectivity index (χ1) is 8.15. The lowest BCUT2D eigenvalue weighted by molar-refractivity contribution is 0.0696. The van der Waals surface area contributed by atoms with Crippen LogP contribution < -0.4 is 5.32 Å². The third-order valence-corrected chi connectivity index (χ3v) is 2.77. The van der Waals surface area contributed by atoms with Crippen LogP contribution in [0.2, 0.25) is 0 Å². The van der Waals surface area contributed by atoms with E-state index in [2.05, 4.69) is 10.3 Å². The van der Waals surface area contributed by atoms with E-state index in [0.717, 1.165) is 26.1 Å². The molecule has 1 aliphatic heterocycles. The Morgan fingerprint density at radius 2 is 2.18 bits per heavy atom. The largest absolute Gasteiger partial charge is 0.478 e. The summed E-state index contributed by atoms with van der Waals surface area (Å²) in [7, 11) is 0. The minimum absolute atomic E-state index is 0.270. The van der Waals surface area contributed by atoms with E-state index in [-0.39, 0.29) is 5.56 Å². The lowest BCUT2D eigenvalue weighted by Crippen LogP contribution is -2.28. The summed E-state index contributed by atoms with van der Waals surface area (Å²) in [4.78, 5) is 15.2. The number of aromatic nitrogens is 1. The fourth-order valence-corrected chi connectivity index (χ4v) is 1.92. The fourth-order valence-electron chi connectivity index (χ4n) is 1.92. The summed E-state index contributed by atoms with van der Waals surface area (Å²) in [6.07, 6.45) is 1.86. The third kappa shape index (κ3) is 3.17. The average molecular weight is 236 g/mol. The van der Waals surface area contributed by atoms with Gasteiger partial charge in [-0.05, 0) is 31.9 Å². The summed E-state index contributed by atoms with van der Waals surface area (Å²) in [5, 5.41) is 12.2. The van der Waals surface area contributed by atoms with Gasteiger partial charge in [-0.2, -0.15) is 0 Å². The topological polar surface area (TPSA) is 71.5 Å². The van der Waals surface area contributed by atoms with Crippen molar-refractivity contribution in [2.24, 2.45) is 0 Å². The van der Waals surface area contributed by atoms with Crippen LogP contribution in [0.3, 0.4) is 0 Å². The Morgan fingerprint density at radius 1 is 1.47 bits per heavy atom. The molecule has 92 valence electrons. The zero-order valence-electron chi connectivity index (χ0n) is 9.77. The van der Waals surface area contributed by atoms with Crippen LogP contribution in [0, 0.1) is 6.92 Å². The van der Waals surface area contributed by atoms with Gasteiger partial charge in [0.25, 0.3) is 0 Å². The van der Waals surface area contributed by atoms with Crippen molar-refractivity contribution in [3.05, 3.63) is 23.4 Å². The van der Waals surface area contributed by atoms with Crippen molar-refractivity contribution < 1.29 is 14.6 Å². The van der Waals surface area contributed by atoms with Gasteiger partial charge in [0.05, 0.1) is 5.56 Å². The number of nitrogens with one attached hydrogen (secondary N) is 1. The van der Waals surface area contributed by atoms with Crippen molar-refractivity contribution in [2.45, 2.75) is 25.8 Å². The first-order valence-corrected chi connectivity index (χ1v) is 5.71. The second-order valence-corrected chi connectivity index (χ2v) is 4.22. The number of carbonyl (C=O) groups is 1. The summed E-state index contributed by atoms with van der Waals surface area (Å²) in [5.74, 6) is -0.292. The average Bonchev–Trinajstić information content (AvgIpc) is 2.29. The van der Waals surface area contributed by atoms with E-state index < -0.39 is 5.97 Å². The minimum atomic E-state index is -0.925. The number of carboxylic acid groups (broad SMARTS) is 1. The molecule has 5 nitrogen and oxygen atoms in total. The molecule has 0 aromatic carbocycles. The number of hydrogen-bond acceptors (Lipinski definition) is 4. The molecule has 0 saturated carbocycles. The Labute approximate surface area is 99.8 Å². The second-order valence-electron chi connectivity index (χ2n) is 4.22. The molecule has 0 bridgehead atoms. The number of aryl methyl sites for hydroxylation is 1. The van der Waals surface area contributed by atoms with Gasteiger partial charge in [-0.3, -0.25) is 0 Å². The Bertz CT molecular complexity index is 414. The number of carboxylic acids is 1. The molecule has 0 amide bonds. The number of pyridine rings is 1. The monoisotopic (exact) mass is 236 g/mol. The predicted octanol–water partition coefficient (Wildman–Crippen LogP) is 1.68. The normalized spacial score (nSPS) is 16.8. The smallest absolute Gasteiger partial charge is 0.335 e. The van der Waals surface area contributed by atoms with Crippen LogP contribution in [-0.2, 0) is 4.74 Å². The van der Waals surface area contributed by atoms with Crippen LogP contribution in [-0.4, -0.2) is 35.3 Å². The van der Waals surface area contributed by atoms with Crippen LogP contribution in [0.15, 0.2) is 12.1 Å². The van der Waals surface area contributed by atoms with Gasteiger partial charge in [-0.1, -0.05) is 0 Å². The van der Waals surface area contributed by atoms with Gasteiger partial charge in [-0.15, -0.1) is 0 Å². The maximum absolute atomic E-state index is 10.9. The Hall–Kier alpha value is -1.62. The van der Waals surface area contributed by atoms with Gasteiger partial charge in [0, 0.05) is 24.9 Å². The van der Waals surface area contributed by atoms with E-state index in [1.165, 1.54) is 0 Å². The molecule has 1 aromatic rings. The molecule has 5 heteroatoms. The van der Waals surface area contributed by atoms with E-state index in [1.807, 2.05) is 0 Å². The van der Waals surface area contributed by atoms with Crippen molar-refractivity contribution in [1.29, 1.82) is 0 Å². The summed E-state index contributed by atoms with van der Waals surface area (Å²) in [5.41, 5.74) is 0.978. The van der Waals surface area contributed by atoms with Gasteiger partial charge < -0.3 is 15.2 Å². The zero-order valence-corrected chi connectivity index (χ0v) is 9.77. The lowest BCUT2D eigenvalue weighted by Gasteiger charge is -2.23. The standard InChI is InChI=1S/C12H16N2O3/c1-8-6-9(12(15)16)7-11(13-8)14-10-2-4-17-5-3-10/h6-7,10H,2-5H2,1H3,(H,13,14)(H,15,16). The van der Waals surface area contributed by atoms with Gasteiger partial charge in [-0.25, -0.2) is 9.78 Å². The van der Waals surface area contributed by atoms with E-state index in [4.69, 9.17) is 9.84 Å². The zero-order chi connectivity index (χ0) is 12.3. The highest BCUT2D eigenvalue weighted by atomic mass is 16.5. The van der Waals surface area contributed by atoms with Crippen molar-refractivity contribution in [2.75, 3.05) is 18.5 Å². The summed E-state index contributed by atoms with van der Waals surface area (Å²) < 4.78 is 5.27. The van der Waals surface area contributed by atoms with E-state index in [1.54, 1.807) is 19.1 Å². The molecule has 0 atom stereocenters. The first kappa shape index (κ1) is 11.9. The number of anilines is 1. The molecule has 0 unspecified atom stereocenters. The third-order valence-electron chi connectivity index (χ3n) is 2.77.